The van der Waals surface area contributed by atoms with Crippen LogP contribution in [0.15, 0.2) is 77.7 Å². The molecule has 0 fully saturated rings. The average Bonchev–Trinajstić information content (AvgIpc) is 2.93. The highest BCUT2D eigenvalue weighted by atomic mass is 32.2. The summed E-state index contributed by atoms with van der Waals surface area (Å²) in [7, 11) is 0. The predicted octanol–water partition coefficient (Wildman–Crippen LogP) is 5.19. The van der Waals surface area contributed by atoms with Gasteiger partial charge in [-0.25, -0.2) is 0 Å². The lowest BCUT2D eigenvalue weighted by Crippen LogP contribution is -1.92. The molecule has 1 aliphatic rings. The summed E-state index contributed by atoms with van der Waals surface area (Å²) in [5, 5.41) is 0.0936. The first kappa shape index (κ1) is 13.4. The molecule has 0 bridgehead atoms. The van der Waals surface area contributed by atoms with E-state index in [-0.39, 0.29) is 5.12 Å². The van der Waals surface area contributed by atoms with Crippen molar-refractivity contribution >= 4 is 16.9 Å². The van der Waals surface area contributed by atoms with Gasteiger partial charge in [0.05, 0.1) is 0 Å². The summed E-state index contributed by atoms with van der Waals surface area (Å²) in [5.74, 6) is 0. The first-order valence-corrected chi connectivity index (χ1v) is 8.11. The van der Waals surface area contributed by atoms with Crippen molar-refractivity contribution in [1.29, 1.82) is 0 Å². The molecule has 3 aromatic rings. The lowest BCUT2D eigenvalue weighted by molar-refractivity contribution is 0.108. The second kappa shape index (κ2) is 5.47. The Bertz CT molecular complexity index is 853. The molecule has 0 saturated heterocycles. The monoisotopic (exact) mass is 302 g/mol. The SMILES string of the molecule is O=C(Sc1ccc2c(c1)Cc1ccccc1-2)c1ccccc1. The zero-order chi connectivity index (χ0) is 14.9. The number of carbonyl (C=O) groups is 1. The first-order valence-electron chi connectivity index (χ1n) is 7.30. The fraction of sp³-hybridized carbons (Fsp3) is 0.0500. The normalized spacial score (nSPS) is 11.8. The van der Waals surface area contributed by atoms with Crippen LogP contribution < -0.4 is 0 Å². The number of fused-ring (bicyclic) bond motifs is 3. The van der Waals surface area contributed by atoms with E-state index in [4.69, 9.17) is 0 Å². The molecule has 0 unspecified atom stereocenters. The number of thioether (sulfide) groups is 1. The predicted molar refractivity (Wildman–Crippen MR) is 91.3 cm³/mol. The van der Waals surface area contributed by atoms with E-state index in [1.165, 1.54) is 34.0 Å². The average molecular weight is 302 g/mol. The molecule has 0 radical (unpaired) electrons. The minimum absolute atomic E-state index is 0.0936. The van der Waals surface area contributed by atoms with Crippen molar-refractivity contribution in [3.05, 3.63) is 89.5 Å². The molecule has 22 heavy (non-hydrogen) atoms. The Morgan fingerprint density at radius 1 is 0.773 bits per heavy atom. The van der Waals surface area contributed by atoms with Gasteiger partial charge in [0.1, 0.15) is 0 Å². The van der Waals surface area contributed by atoms with Crippen LogP contribution >= 0.6 is 11.8 Å². The lowest BCUT2D eigenvalue weighted by atomic mass is 10.1. The summed E-state index contributed by atoms with van der Waals surface area (Å²) in [4.78, 5) is 13.3. The van der Waals surface area contributed by atoms with Crippen molar-refractivity contribution in [3.8, 4) is 11.1 Å². The van der Waals surface area contributed by atoms with E-state index in [9.17, 15) is 4.79 Å². The second-order valence-corrected chi connectivity index (χ2v) is 6.45. The Hall–Kier alpha value is -2.32. The zero-order valence-corrected chi connectivity index (χ0v) is 12.8. The highest BCUT2D eigenvalue weighted by molar-refractivity contribution is 8.14. The summed E-state index contributed by atoms with van der Waals surface area (Å²) in [6, 6.07) is 24.3. The fourth-order valence-corrected chi connectivity index (χ4v) is 3.73. The van der Waals surface area contributed by atoms with Gasteiger partial charge in [0.15, 0.2) is 0 Å². The number of benzene rings is 3. The Kier molecular flexibility index (Phi) is 3.32. The van der Waals surface area contributed by atoms with E-state index >= 15 is 0 Å². The lowest BCUT2D eigenvalue weighted by Gasteiger charge is -2.05. The smallest absolute Gasteiger partial charge is 0.224 e. The van der Waals surface area contributed by atoms with Crippen molar-refractivity contribution in [1.82, 2.24) is 0 Å². The molecule has 1 aliphatic carbocycles. The van der Waals surface area contributed by atoms with Crippen molar-refractivity contribution < 1.29 is 4.79 Å². The fourth-order valence-electron chi connectivity index (χ4n) is 2.93. The standard InChI is InChI=1S/C20H14OS/c21-20(14-6-2-1-3-7-14)22-17-10-11-19-16(13-17)12-15-8-4-5-9-18(15)19/h1-11,13H,12H2. The van der Waals surface area contributed by atoms with Crippen LogP contribution in [-0.4, -0.2) is 5.12 Å². The molecular weight excluding hydrogens is 288 g/mol. The van der Waals surface area contributed by atoms with E-state index in [2.05, 4.69) is 36.4 Å². The maximum Gasteiger partial charge on any atom is 0.224 e. The number of hydrogen-bond donors (Lipinski definition) is 0. The van der Waals surface area contributed by atoms with Gasteiger partial charge < -0.3 is 0 Å². The van der Waals surface area contributed by atoms with E-state index in [1.54, 1.807) is 0 Å². The van der Waals surface area contributed by atoms with E-state index < -0.39 is 0 Å². The Morgan fingerprint density at radius 3 is 2.36 bits per heavy atom. The molecule has 0 amide bonds. The molecular formula is C20H14OS. The molecule has 0 N–H and O–H groups in total. The summed E-state index contributed by atoms with van der Waals surface area (Å²) in [5.41, 5.74) is 6.05. The van der Waals surface area contributed by atoms with Gasteiger partial charge in [-0.2, -0.15) is 0 Å². The van der Waals surface area contributed by atoms with E-state index in [1.807, 2.05) is 36.4 Å². The minimum atomic E-state index is 0.0936. The van der Waals surface area contributed by atoms with Crippen LogP contribution in [0.25, 0.3) is 11.1 Å². The zero-order valence-electron chi connectivity index (χ0n) is 12.0. The van der Waals surface area contributed by atoms with E-state index in [0.717, 1.165) is 16.9 Å². The molecule has 0 saturated carbocycles. The van der Waals surface area contributed by atoms with Crippen LogP contribution in [-0.2, 0) is 6.42 Å². The summed E-state index contributed by atoms with van der Waals surface area (Å²) in [6.07, 6.45) is 0.958. The van der Waals surface area contributed by atoms with Crippen molar-refractivity contribution in [3.63, 3.8) is 0 Å². The molecule has 3 aromatic carbocycles. The summed E-state index contributed by atoms with van der Waals surface area (Å²) >= 11 is 1.30. The van der Waals surface area contributed by atoms with Gasteiger partial charge in [-0.05, 0) is 52.6 Å². The largest absolute Gasteiger partial charge is 0.281 e. The van der Waals surface area contributed by atoms with E-state index in [0.29, 0.717) is 0 Å². The molecule has 0 aromatic heterocycles. The molecule has 0 spiro atoms. The van der Waals surface area contributed by atoms with Gasteiger partial charge in [0.2, 0.25) is 5.12 Å². The van der Waals surface area contributed by atoms with Crippen molar-refractivity contribution in [2.24, 2.45) is 0 Å². The van der Waals surface area contributed by atoms with Crippen LogP contribution in [0.2, 0.25) is 0 Å². The third-order valence-corrected chi connectivity index (χ3v) is 4.90. The Balaban J connectivity index is 1.61. The van der Waals surface area contributed by atoms with Gasteiger partial charge in [-0.1, -0.05) is 60.7 Å². The third-order valence-electron chi connectivity index (χ3n) is 3.99. The molecule has 106 valence electrons. The van der Waals surface area contributed by atoms with Crippen LogP contribution in [0, 0.1) is 0 Å². The van der Waals surface area contributed by atoms with Crippen LogP contribution in [0.5, 0.6) is 0 Å². The number of rotatable bonds is 2. The number of carbonyl (C=O) groups excluding carboxylic acids is 1. The molecule has 1 nitrogen and oxygen atoms in total. The van der Waals surface area contributed by atoms with Gasteiger partial charge in [-0.3, -0.25) is 4.79 Å². The first-order chi connectivity index (χ1) is 10.8. The van der Waals surface area contributed by atoms with Crippen molar-refractivity contribution in [2.75, 3.05) is 0 Å². The van der Waals surface area contributed by atoms with Gasteiger partial charge in [0, 0.05) is 10.5 Å². The summed E-state index contributed by atoms with van der Waals surface area (Å²) < 4.78 is 0. The van der Waals surface area contributed by atoms with Crippen molar-refractivity contribution in [2.45, 2.75) is 11.3 Å². The highest BCUT2D eigenvalue weighted by Gasteiger charge is 2.18. The van der Waals surface area contributed by atoms with Gasteiger partial charge in [0.25, 0.3) is 0 Å². The number of hydrogen-bond acceptors (Lipinski definition) is 2. The maximum absolute atomic E-state index is 12.3. The van der Waals surface area contributed by atoms with Crippen LogP contribution in [0.3, 0.4) is 0 Å². The van der Waals surface area contributed by atoms with Crippen LogP contribution in [0.1, 0.15) is 21.5 Å². The molecule has 0 heterocycles. The molecule has 0 atom stereocenters. The maximum atomic E-state index is 12.3. The topological polar surface area (TPSA) is 17.1 Å². The quantitative estimate of drug-likeness (QED) is 0.474. The van der Waals surface area contributed by atoms with Gasteiger partial charge in [-0.15, -0.1) is 0 Å². The molecule has 0 aliphatic heterocycles. The highest BCUT2D eigenvalue weighted by Crippen LogP contribution is 2.38. The molecule has 2 heteroatoms. The van der Waals surface area contributed by atoms with Crippen LogP contribution in [0.4, 0.5) is 0 Å². The Morgan fingerprint density at radius 2 is 1.50 bits per heavy atom. The third kappa shape index (κ3) is 2.36. The minimum Gasteiger partial charge on any atom is -0.281 e. The second-order valence-electron chi connectivity index (χ2n) is 5.41. The van der Waals surface area contributed by atoms with Gasteiger partial charge >= 0.3 is 0 Å². The molecule has 4 rings (SSSR count). The Labute approximate surface area is 134 Å². The summed E-state index contributed by atoms with van der Waals surface area (Å²) in [6.45, 7) is 0.